The van der Waals surface area contributed by atoms with Crippen LogP contribution in [0.1, 0.15) is 11.1 Å². The van der Waals surface area contributed by atoms with Crippen molar-refractivity contribution in [2.45, 2.75) is 6.42 Å². The Labute approximate surface area is 177 Å². The number of hydrogen-bond donors (Lipinski definition) is 2. The van der Waals surface area contributed by atoms with Crippen molar-refractivity contribution in [2.24, 2.45) is 5.10 Å². The van der Waals surface area contributed by atoms with Crippen LogP contribution >= 0.6 is 15.9 Å². The molecule has 0 aromatic heterocycles. The maximum atomic E-state index is 12.3. The molecule has 2 N–H and O–H groups in total. The number of carbonyl (C=O) groups is 1. The third-order valence-electron chi connectivity index (χ3n) is 4.22. The van der Waals surface area contributed by atoms with Crippen molar-refractivity contribution in [2.75, 3.05) is 0 Å². The number of hydrazone groups is 1. The molecular formula is C19H13BrN4O6. The van der Waals surface area contributed by atoms with Crippen LogP contribution in [-0.4, -0.2) is 27.1 Å². The lowest BCUT2D eigenvalue weighted by Crippen LogP contribution is -2.20. The fraction of sp³-hybridized carbons (Fsp3) is 0.0526. The maximum absolute atomic E-state index is 12.3. The van der Waals surface area contributed by atoms with Crippen LogP contribution in [0.4, 0.5) is 11.4 Å². The summed E-state index contributed by atoms with van der Waals surface area (Å²) in [7, 11) is 0. The van der Waals surface area contributed by atoms with Gasteiger partial charge in [-0.3, -0.25) is 25.0 Å². The van der Waals surface area contributed by atoms with Crippen molar-refractivity contribution >= 4 is 50.2 Å². The predicted molar refractivity (Wildman–Crippen MR) is 113 cm³/mol. The molecule has 0 aliphatic rings. The van der Waals surface area contributed by atoms with E-state index in [2.05, 4.69) is 26.5 Å². The highest BCUT2D eigenvalue weighted by molar-refractivity contribution is 9.10. The maximum Gasteiger partial charge on any atom is 0.318 e. The van der Waals surface area contributed by atoms with E-state index in [1.807, 2.05) is 30.3 Å². The van der Waals surface area contributed by atoms with E-state index in [0.717, 1.165) is 33.1 Å². The Morgan fingerprint density at radius 3 is 2.47 bits per heavy atom. The van der Waals surface area contributed by atoms with E-state index in [4.69, 9.17) is 0 Å². The van der Waals surface area contributed by atoms with Crippen LogP contribution in [0, 0.1) is 20.2 Å². The van der Waals surface area contributed by atoms with Crippen LogP contribution in [0.15, 0.2) is 58.1 Å². The monoisotopic (exact) mass is 472 g/mol. The molecule has 0 atom stereocenters. The number of nitro benzene ring substituents is 2. The summed E-state index contributed by atoms with van der Waals surface area (Å²) in [6.45, 7) is 0. The normalized spacial score (nSPS) is 11.0. The SMILES string of the molecule is O=C(Cc1ccc(Br)c2ccccc12)NN=Cc1cc([N+](=O)[O-])cc([N+](=O)[O-])c1O. The molecule has 30 heavy (non-hydrogen) atoms. The Morgan fingerprint density at radius 1 is 1.10 bits per heavy atom. The first kappa shape index (κ1) is 20.9. The summed E-state index contributed by atoms with van der Waals surface area (Å²) in [5, 5.41) is 37.3. The minimum atomic E-state index is -0.948. The van der Waals surface area contributed by atoms with Crippen LogP contribution in [0.5, 0.6) is 5.75 Å². The van der Waals surface area contributed by atoms with Crippen LogP contribution in [0.2, 0.25) is 0 Å². The number of hydrogen-bond acceptors (Lipinski definition) is 7. The summed E-state index contributed by atoms with van der Waals surface area (Å²) in [4.78, 5) is 32.4. The lowest BCUT2D eigenvalue weighted by atomic mass is 10.0. The molecule has 152 valence electrons. The lowest BCUT2D eigenvalue weighted by Gasteiger charge is -2.07. The summed E-state index contributed by atoms with van der Waals surface area (Å²) < 4.78 is 0.892. The number of rotatable bonds is 6. The average molecular weight is 473 g/mol. The molecule has 0 saturated carbocycles. The molecular weight excluding hydrogens is 460 g/mol. The number of amides is 1. The van der Waals surface area contributed by atoms with Crippen molar-refractivity contribution in [1.82, 2.24) is 5.43 Å². The van der Waals surface area contributed by atoms with E-state index in [9.17, 15) is 30.1 Å². The lowest BCUT2D eigenvalue weighted by molar-refractivity contribution is -0.394. The van der Waals surface area contributed by atoms with Crippen LogP contribution in [0.25, 0.3) is 10.8 Å². The Balaban J connectivity index is 1.79. The molecule has 0 bridgehead atoms. The molecule has 3 aromatic rings. The van der Waals surface area contributed by atoms with Crippen molar-refractivity contribution in [3.8, 4) is 5.75 Å². The molecule has 0 unspecified atom stereocenters. The zero-order chi connectivity index (χ0) is 21.8. The number of halogens is 1. The third kappa shape index (κ3) is 4.41. The van der Waals surface area contributed by atoms with Gasteiger partial charge in [0, 0.05) is 10.5 Å². The van der Waals surface area contributed by atoms with Crippen molar-refractivity contribution < 1.29 is 19.7 Å². The largest absolute Gasteiger partial charge is 0.502 e. The highest BCUT2D eigenvalue weighted by Crippen LogP contribution is 2.33. The van der Waals surface area contributed by atoms with Gasteiger partial charge in [-0.1, -0.05) is 46.3 Å². The molecule has 0 spiro atoms. The molecule has 0 aliphatic heterocycles. The second kappa shape index (κ2) is 8.66. The topological polar surface area (TPSA) is 148 Å². The second-order valence-corrected chi connectivity index (χ2v) is 6.99. The molecule has 11 heteroatoms. The van der Waals surface area contributed by atoms with Gasteiger partial charge in [0.1, 0.15) is 0 Å². The van der Waals surface area contributed by atoms with Gasteiger partial charge in [-0.15, -0.1) is 0 Å². The first-order valence-electron chi connectivity index (χ1n) is 8.41. The Kier molecular flexibility index (Phi) is 6.02. The highest BCUT2D eigenvalue weighted by atomic mass is 79.9. The molecule has 0 saturated heterocycles. The van der Waals surface area contributed by atoms with Gasteiger partial charge in [-0.25, -0.2) is 5.43 Å². The van der Waals surface area contributed by atoms with Gasteiger partial charge in [0.2, 0.25) is 11.7 Å². The number of fused-ring (bicyclic) bond motifs is 1. The molecule has 3 aromatic carbocycles. The molecule has 0 heterocycles. The summed E-state index contributed by atoms with van der Waals surface area (Å²) in [6, 6.07) is 12.7. The van der Waals surface area contributed by atoms with Crippen molar-refractivity contribution in [3.63, 3.8) is 0 Å². The van der Waals surface area contributed by atoms with Gasteiger partial charge in [0.05, 0.1) is 34.1 Å². The molecule has 0 aliphatic carbocycles. The van der Waals surface area contributed by atoms with E-state index in [1.54, 1.807) is 6.07 Å². The van der Waals surface area contributed by atoms with Crippen molar-refractivity contribution in [1.29, 1.82) is 0 Å². The summed E-state index contributed by atoms with van der Waals surface area (Å²) in [5.74, 6) is -1.26. The zero-order valence-electron chi connectivity index (χ0n) is 15.1. The van der Waals surface area contributed by atoms with Crippen LogP contribution in [-0.2, 0) is 11.2 Å². The van der Waals surface area contributed by atoms with Crippen LogP contribution < -0.4 is 5.43 Å². The molecule has 10 nitrogen and oxygen atoms in total. The number of benzene rings is 3. The van der Waals surface area contributed by atoms with Gasteiger partial charge in [-0.2, -0.15) is 5.10 Å². The fourth-order valence-corrected chi connectivity index (χ4v) is 3.31. The second-order valence-electron chi connectivity index (χ2n) is 6.14. The van der Waals surface area contributed by atoms with Gasteiger partial charge < -0.3 is 5.11 Å². The number of nitrogens with one attached hydrogen (secondary N) is 1. The zero-order valence-corrected chi connectivity index (χ0v) is 16.7. The van der Waals surface area contributed by atoms with E-state index in [0.29, 0.717) is 6.07 Å². The highest BCUT2D eigenvalue weighted by Gasteiger charge is 2.23. The molecule has 0 radical (unpaired) electrons. The van der Waals surface area contributed by atoms with E-state index in [1.165, 1.54) is 0 Å². The first-order valence-corrected chi connectivity index (χ1v) is 9.21. The quantitative estimate of drug-likeness (QED) is 0.316. The van der Waals surface area contributed by atoms with Gasteiger partial charge >= 0.3 is 5.69 Å². The van der Waals surface area contributed by atoms with Crippen LogP contribution in [0.3, 0.4) is 0 Å². The molecule has 0 fully saturated rings. The number of carbonyl (C=O) groups excluding carboxylic acids is 1. The number of nitro groups is 2. The molecule has 1 amide bonds. The average Bonchev–Trinajstić information content (AvgIpc) is 2.71. The van der Waals surface area contributed by atoms with E-state index >= 15 is 0 Å². The van der Waals surface area contributed by atoms with Crippen molar-refractivity contribution in [3.05, 3.63) is 84.4 Å². The Bertz CT molecular complexity index is 1210. The number of non-ortho nitro benzene ring substituents is 1. The summed E-state index contributed by atoms with van der Waals surface area (Å²) >= 11 is 3.46. The first-order chi connectivity index (χ1) is 14.3. The minimum absolute atomic E-state index is 0.00615. The number of nitrogens with zero attached hydrogens (tertiary/aromatic N) is 3. The number of phenolic OH excluding ortho intramolecular Hbond substituents is 1. The minimum Gasteiger partial charge on any atom is -0.502 e. The standard InChI is InChI=1S/C19H13BrN4O6/c20-16-6-5-11(14-3-1-2-4-15(14)16)8-18(25)22-21-10-12-7-13(23(27)28)9-17(19(12)26)24(29)30/h1-7,9-10,26H,8H2,(H,22,25). The molecule has 3 rings (SSSR count). The smallest absolute Gasteiger partial charge is 0.318 e. The van der Waals surface area contributed by atoms with Gasteiger partial charge in [0.15, 0.2) is 0 Å². The number of phenols is 1. The van der Waals surface area contributed by atoms with E-state index in [-0.39, 0.29) is 12.0 Å². The number of aromatic hydroxyl groups is 1. The van der Waals surface area contributed by atoms with Gasteiger partial charge in [-0.05, 0) is 22.4 Å². The third-order valence-corrected chi connectivity index (χ3v) is 4.91. The summed E-state index contributed by atoms with van der Waals surface area (Å²) in [5.41, 5.74) is 1.31. The summed E-state index contributed by atoms with van der Waals surface area (Å²) in [6.07, 6.45) is 0.916. The fourth-order valence-electron chi connectivity index (χ4n) is 2.83. The Hall–Kier alpha value is -3.86. The Morgan fingerprint density at radius 2 is 1.80 bits per heavy atom. The van der Waals surface area contributed by atoms with E-state index < -0.39 is 32.9 Å². The predicted octanol–water partition coefficient (Wildman–Crippen LogP) is 3.82. The van der Waals surface area contributed by atoms with Gasteiger partial charge in [0.25, 0.3) is 5.69 Å².